The second-order valence-electron chi connectivity index (χ2n) is 4.08. The van der Waals surface area contributed by atoms with Crippen molar-refractivity contribution < 1.29 is 9.47 Å². The topological polar surface area (TPSA) is 43.4 Å². The standard InChI is InChI=1S/C12H18N2O2/c1-13-6-10-2-3-12(14-7-10)16-9-11-4-5-15-8-11/h2-3,7,11,13H,4-6,8-9H2,1H3. The summed E-state index contributed by atoms with van der Waals surface area (Å²) in [5.41, 5.74) is 1.17. The summed E-state index contributed by atoms with van der Waals surface area (Å²) in [6.07, 6.45) is 2.94. The molecule has 0 radical (unpaired) electrons. The molecule has 1 fully saturated rings. The number of nitrogens with zero attached hydrogens (tertiary/aromatic N) is 1. The fourth-order valence-electron chi connectivity index (χ4n) is 1.72. The first kappa shape index (κ1) is 11.4. The Balaban J connectivity index is 1.80. The number of rotatable bonds is 5. The quantitative estimate of drug-likeness (QED) is 0.813. The van der Waals surface area contributed by atoms with Gasteiger partial charge < -0.3 is 14.8 Å². The van der Waals surface area contributed by atoms with Gasteiger partial charge in [0.2, 0.25) is 5.88 Å². The van der Waals surface area contributed by atoms with Gasteiger partial charge in [0.1, 0.15) is 0 Å². The van der Waals surface area contributed by atoms with Crippen LogP contribution in [0.15, 0.2) is 18.3 Å². The molecular formula is C12H18N2O2. The van der Waals surface area contributed by atoms with Gasteiger partial charge in [-0.2, -0.15) is 0 Å². The third-order valence-electron chi connectivity index (χ3n) is 2.67. The summed E-state index contributed by atoms with van der Waals surface area (Å²) < 4.78 is 10.9. The van der Waals surface area contributed by atoms with Gasteiger partial charge in [-0.25, -0.2) is 4.98 Å². The third-order valence-corrected chi connectivity index (χ3v) is 2.67. The molecule has 2 heterocycles. The Labute approximate surface area is 96.0 Å². The molecule has 1 saturated heterocycles. The van der Waals surface area contributed by atoms with Crippen molar-refractivity contribution in [2.45, 2.75) is 13.0 Å². The van der Waals surface area contributed by atoms with Crippen molar-refractivity contribution >= 4 is 0 Å². The van der Waals surface area contributed by atoms with Crippen LogP contribution in [0.2, 0.25) is 0 Å². The lowest BCUT2D eigenvalue weighted by atomic mass is 10.1. The fourth-order valence-corrected chi connectivity index (χ4v) is 1.72. The van der Waals surface area contributed by atoms with Crippen molar-refractivity contribution in [3.63, 3.8) is 0 Å². The summed E-state index contributed by atoms with van der Waals surface area (Å²) in [4.78, 5) is 4.26. The molecule has 2 rings (SSSR count). The summed E-state index contributed by atoms with van der Waals surface area (Å²) in [5.74, 6) is 1.23. The molecule has 4 heteroatoms. The number of pyridine rings is 1. The van der Waals surface area contributed by atoms with E-state index in [9.17, 15) is 0 Å². The first-order valence-electron chi connectivity index (χ1n) is 5.68. The van der Waals surface area contributed by atoms with Crippen LogP contribution < -0.4 is 10.1 Å². The van der Waals surface area contributed by atoms with Gasteiger partial charge in [0.05, 0.1) is 13.2 Å². The zero-order chi connectivity index (χ0) is 11.2. The molecule has 1 aliphatic heterocycles. The number of hydrogen-bond acceptors (Lipinski definition) is 4. The summed E-state index contributed by atoms with van der Waals surface area (Å²) in [5, 5.41) is 3.08. The van der Waals surface area contributed by atoms with Crippen molar-refractivity contribution in [1.82, 2.24) is 10.3 Å². The van der Waals surface area contributed by atoms with E-state index in [2.05, 4.69) is 10.3 Å². The lowest BCUT2D eigenvalue weighted by Gasteiger charge is -2.09. The van der Waals surface area contributed by atoms with Crippen molar-refractivity contribution in [1.29, 1.82) is 0 Å². The molecule has 1 aromatic heterocycles. The molecule has 0 aromatic carbocycles. The van der Waals surface area contributed by atoms with E-state index in [1.807, 2.05) is 25.4 Å². The van der Waals surface area contributed by atoms with E-state index in [0.29, 0.717) is 18.4 Å². The Bertz CT molecular complexity index is 307. The minimum absolute atomic E-state index is 0.527. The van der Waals surface area contributed by atoms with E-state index in [1.165, 1.54) is 5.56 Å². The SMILES string of the molecule is CNCc1ccc(OCC2CCOC2)nc1. The van der Waals surface area contributed by atoms with E-state index in [0.717, 1.165) is 26.2 Å². The minimum Gasteiger partial charge on any atom is -0.477 e. The minimum atomic E-state index is 0.527. The highest BCUT2D eigenvalue weighted by atomic mass is 16.5. The van der Waals surface area contributed by atoms with Crippen molar-refractivity contribution in [3.05, 3.63) is 23.9 Å². The van der Waals surface area contributed by atoms with Gasteiger partial charge in [0.15, 0.2) is 0 Å². The maximum atomic E-state index is 5.61. The third kappa shape index (κ3) is 3.18. The van der Waals surface area contributed by atoms with Gasteiger partial charge in [-0.05, 0) is 19.0 Å². The van der Waals surface area contributed by atoms with E-state index < -0.39 is 0 Å². The second kappa shape index (κ2) is 5.82. The van der Waals surface area contributed by atoms with Crippen LogP contribution in [0.5, 0.6) is 5.88 Å². The maximum absolute atomic E-state index is 5.61. The van der Waals surface area contributed by atoms with E-state index in [-0.39, 0.29) is 0 Å². The van der Waals surface area contributed by atoms with Crippen LogP contribution in [0.3, 0.4) is 0 Å². The lowest BCUT2D eigenvalue weighted by Crippen LogP contribution is -2.12. The van der Waals surface area contributed by atoms with Crippen molar-refractivity contribution in [2.75, 3.05) is 26.9 Å². The molecule has 0 bridgehead atoms. The number of nitrogens with one attached hydrogen (secondary N) is 1. The second-order valence-corrected chi connectivity index (χ2v) is 4.08. The van der Waals surface area contributed by atoms with Crippen LogP contribution in [0.4, 0.5) is 0 Å². The normalized spacial score (nSPS) is 19.9. The molecule has 0 spiro atoms. The molecule has 1 N–H and O–H groups in total. The van der Waals surface area contributed by atoms with Gasteiger partial charge >= 0.3 is 0 Å². The first-order chi connectivity index (χ1) is 7.88. The van der Waals surface area contributed by atoms with E-state index >= 15 is 0 Å². The Morgan fingerprint density at radius 3 is 3.12 bits per heavy atom. The summed E-state index contributed by atoms with van der Waals surface area (Å²) in [6, 6.07) is 3.95. The Morgan fingerprint density at radius 2 is 2.50 bits per heavy atom. The molecule has 1 unspecified atom stereocenters. The highest BCUT2D eigenvalue weighted by Gasteiger charge is 2.16. The van der Waals surface area contributed by atoms with Crippen LogP contribution in [-0.2, 0) is 11.3 Å². The smallest absolute Gasteiger partial charge is 0.213 e. The number of hydrogen-bond donors (Lipinski definition) is 1. The molecule has 0 saturated carbocycles. The van der Waals surface area contributed by atoms with Crippen LogP contribution >= 0.6 is 0 Å². The zero-order valence-electron chi connectivity index (χ0n) is 9.61. The van der Waals surface area contributed by atoms with Crippen LogP contribution in [0.25, 0.3) is 0 Å². The van der Waals surface area contributed by atoms with Gasteiger partial charge in [0.25, 0.3) is 0 Å². The summed E-state index contributed by atoms with van der Waals surface area (Å²) >= 11 is 0. The Kier molecular flexibility index (Phi) is 4.13. The van der Waals surface area contributed by atoms with Crippen LogP contribution in [0.1, 0.15) is 12.0 Å². The fraction of sp³-hybridized carbons (Fsp3) is 0.583. The highest BCUT2D eigenvalue weighted by Crippen LogP contribution is 2.14. The Morgan fingerprint density at radius 1 is 1.56 bits per heavy atom. The van der Waals surface area contributed by atoms with E-state index in [4.69, 9.17) is 9.47 Å². The summed E-state index contributed by atoms with van der Waals surface area (Å²) in [7, 11) is 1.92. The molecule has 4 nitrogen and oxygen atoms in total. The maximum Gasteiger partial charge on any atom is 0.213 e. The lowest BCUT2D eigenvalue weighted by molar-refractivity contribution is 0.165. The molecule has 0 amide bonds. The molecule has 0 aliphatic carbocycles. The average molecular weight is 222 g/mol. The largest absolute Gasteiger partial charge is 0.477 e. The van der Waals surface area contributed by atoms with Gasteiger partial charge in [0, 0.05) is 31.3 Å². The monoisotopic (exact) mass is 222 g/mol. The molecule has 16 heavy (non-hydrogen) atoms. The highest BCUT2D eigenvalue weighted by molar-refractivity contribution is 5.17. The van der Waals surface area contributed by atoms with Gasteiger partial charge in [-0.1, -0.05) is 6.07 Å². The number of aromatic nitrogens is 1. The van der Waals surface area contributed by atoms with Crippen LogP contribution in [-0.4, -0.2) is 31.9 Å². The zero-order valence-corrected chi connectivity index (χ0v) is 9.61. The predicted octanol–water partition coefficient (Wildman–Crippen LogP) is 1.22. The van der Waals surface area contributed by atoms with Crippen molar-refractivity contribution in [3.8, 4) is 5.88 Å². The van der Waals surface area contributed by atoms with Crippen molar-refractivity contribution in [2.24, 2.45) is 5.92 Å². The van der Waals surface area contributed by atoms with Gasteiger partial charge in [-0.3, -0.25) is 0 Å². The molecule has 1 aliphatic rings. The molecule has 1 atom stereocenters. The average Bonchev–Trinajstić information content (AvgIpc) is 2.82. The van der Waals surface area contributed by atoms with Crippen LogP contribution in [0, 0.1) is 5.92 Å². The first-order valence-corrected chi connectivity index (χ1v) is 5.68. The predicted molar refractivity (Wildman–Crippen MR) is 61.4 cm³/mol. The molecular weight excluding hydrogens is 204 g/mol. The molecule has 1 aromatic rings. The van der Waals surface area contributed by atoms with Gasteiger partial charge in [-0.15, -0.1) is 0 Å². The van der Waals surface area contributed by atoms with E-state index in [1.54, 1.807) is 0 Å². The number of ether oxygens (including phenoxy) is 2. The molecule has 88 valence electrons. The summed E-state index contributed by atoms with van der Waals surface area (Å²) in [6.45, 7) is 3.22. The Hall–Kier alpha value is -1.13.